The standard InChI is InChI=1S/C25H27N5O3/c1-16-22(10-11-23(31)26-15-18-8-6-5-7-9-18)17(2)30-25(27-16)28-24(29-30)19-12-20(32-3)14-21(13-19)33-4/h5-9,12-14H,10-11,15H2,1-4H3,(H,26,31). The summed E-state index contributed by atoms with van der Waals surface area (Å²) in [6.07, 6.45) is 0.944. The summed E-state index contributed by atoms with van der Waals surface area (Å²) in [5.74, 6) is 2.36. The maximum Gasteiger partial charge on any atom is 0.253 e. The van der Waals surface area contributed by atoms with Crippen molar-refractivity contribution in [3.05, 3.63) is 71.0 Å². The van der Waals surface area contributed by atoms with E-state index in [-0.39, 0.29) is 5.91 Å². The van der Waals surface area contributed by atoms with E-state index in [1.165, 1.54) is 0 Å². The number of aryl methyl sites for hydroxylation is 2. The first kappa shape index (κ1) is 22.3. The van der Waals surface area contributed by atoms with E-state index in [2.05, 4.69) is 20.4 Å². The Hall–Kier alpha value is -3.94. The van der Waals surface area contributed by atoms with Crippen molar-refractivity contribution in [2.45, 2.75) is 33.2 Å². The Bertz CT molecular complexity index is 1260. The Balaban J connectivity index is 1.54. The van der Waals surface area contributed by atoms with Crippen molar-refractivity contribution in [1.82, 2.24) is 24.9 Å². The number of methoxy groups -OCH3 is 2. The molecule has 4 aromatic rings. The first-order valence-corrected chi connectivity index (χ1v) is 10.8. The first-order chi connectivity index (χ1) is 16.0. The normalized spacial score (nSPS) is 10.9. The zero-order valence-corrected chi connectivity index (χ0v) is 19.3. The number of aromatic nitrogens is 4. The molecule has 0 aliphatic heterocycles. The number of amides is 1. The predicted octanol–water partition coefficient (Wildman–Crippen LogP) is 3.67. The van der Waals surface area contributed by atoms with Crippen molar-refractivity contribution in [3.8, 4) is 22.9 Å². The molecular formula is C25H27N5O3. The fourth-order valence-electron chi connectivity index (χ4n) is 3.75. The quantitative estimate of drug-likeness (QED) is 0.445. The summed E-state index contributed by atoms with van der Waals surface area (Å²) in [5, 5.41) is 7.64. The van der Waals surface area contributed by atoms with Crippen LogP contribution in [0.3, 0.4) is 0 Å². The zero-order valence-electron chi connectivity index (χ0n) is 19.3. The average Bonchev–Trinajstić information content (AvgIpc) is 3.27. The van der Waals surface area contributed by atoms with Crippen LogP contribution in [-0.2, 0) is 17.8 Å². The fraction of sp³-hybridized carbons (Fsp3) is 0.280. The molecule has 2 aromatic heterocycles. The van der Waals surface area contributed by atoms with Gasteiger partial charge in [0.2, 0.25) is 5.91 Å². The van der Waals surface area contributed by atoms with Gasteiger partial charge in [-0.2, -0.15) is 4.98 Å². The smallest absolute Gasteiger partial charge is 0.253 e. The Morgan fingerprint density at radius 2 is 1.70 bits per heavy atom. The van der Waals surface area contributed by atoms with E-state index in [9.17, 15) is 4.79 Å². The number of nitrogens with one attached hydrogen (secondary N) is 1. The van der Waals surface area contributed by atoms with Gasteiger partial charge in [-0.05, 0) is 43.5 Å². The molecule has 0 saturated carbocycles. The molecule has 8 heteroatoms. The lowest BCUT2D eigenvalue weighted by atomic mass is 10.1. The molecular weight excluding hydrogens is 418 g/mol. The van der Waals surface area contributed by atoms with Crippen molar-refractivity contribution >= 4 is 11.7 Å². The van der Waals surface area contributed by atoms with E-state index in [0.29, 0.717) is 42.5 Å². The summed E-state index contributed by atoms with van der Waals surface area (Å²) in [5.41, 5.74) is 4.61. The topological polar surface area (TPSA) is 90.6 Å². The van der Waals surface area contributed by atoms with Gasteiger partial charge in [-0.3, -0.25) is 4.79 Å². The maximum atomic E-state index is 12.4. The number of hydrogen-bond acceptors (Lipinski definition) is 6. The van der Waals surface area contributed by atoms with Gasteiger partial charge in [0.25, 0.3) is 5.78 Å². The average molecular weight is 446 g/mol. The highest BCUT2D eigenvalue weighted by molar-refractivity contribution is 5.76. The number of hydrogen-bond donors (Lipinski definition) is 1. The predicted molar refractivity (Wildman–Crippen MR) is 125 cm³/mol. The summed E-state index contributed by atoms with van der Waals surface area (Å²) < 4.78 is 12.5. The minimum atomic E-state index is 0.000468. The third-order valence-electron chi connectivity index (χ3n) is 5.59. The van der Waals surface area contributed by atoms with Crippen LogP contribution in [0.25, 0.3) is 17.2 Å². The summed E-state index contributed by atoms with van der Waals surface area (Å²) in [7, 11) is 3.21. The van der Waals surface area contributed by atoms with Gasteiger partial charge in [0, 0.05) is 36.0 Å². The van der Waals surface area contributed by atoms with E-state index >= 15 is 0 Å². The molecule has 0 bridgehead atoms. The molecule has 0 aliphatic rings. The second-order valence-electron chi connectivity index (χ2n) is 7.77. The van der Waals surface area contributed by atoms with Gasteiger partial charge in [0.05, 0.1) is 14.2 Å². The largest absolute Gasteiger partial charge is 0.497 e. The van der Waals surface area contributed by atoms with Gasteiger partial charge in [-0.25, -0.2) is 9.50 Å². The number of carbonyl (C=O) groups is 1. The van der Waals surface area contributed by atoms with E-state index in [0.717, 1.165) is 28.1 Å². The Kier molecular flexibility index (Phi) is 6.53. The van der Waals surface area contributed by atoms with E-state index in [4.69, 9.17) is 9.47 Å². The van der Waals surface area contributed by atoms with Crippen molar-refractivity contribution in [1.29, 1.82) is 0 Å². The van der Waals surface area contributed by atoms with E-state index in [1.807, 2.05) is 56.3 Å². The summed E-state index contributed by atoms with van der Waals surface area (Å²) >= 11 is 0. The van der Waals surface area contributed by atoms with Crippen LogP contribution in [-0.4, -0.2) is 39.7 Å². The molecule has 0 aliphatic carbocycles. The SMILES string of the molecule is COc1cc(OC)cc(-c2nc3nc(C)c(CCC(=O)NCc4ccccc4)c(C)n3n2)c1. The van der Waals surface area contributed by atoms with Crippen LogP contribution in [0.1, 0.15) is 28.9 Å². The minimum Gasteiger partial charge on any atom is -0.497 e. The Labute approximate surface area is 192 Å². The Morgan fingerprint density at radius 1 is 1.00 bits per heavy atom. The van der Waals surface area contributed by atoms with Crippen LogP contribution < -0.4 is 14.8 Å². The zero-order chi connectivity index (χ0) is 23.4. The molecule has 0 atom stereocenters. The van der Waals surface area contributed by atoms with Crippen LogP contribution in [0.2, 0.25) is 0 Å². The minimum absolute atomic E-state index is 0.000468. The first-order valence-electron chi connectivity index (χ1n) is 10.8. The molecule has 0 saturated heterocycles. The molecule has 0 spiro atoms. The number of carbonyl (C=O) groups excluding carboxylic acids is 1. The molecule has 33 heavy (non-hydrogen) atoms. The number of nitrogens with zero attached hydrogens (tertiary/aromatic N) is 4. The highest BCUT2D eigenvalue weighted by Gasteiger charge is 2.16. The molecule has 0 radical (unpaired) electrons. The number of benzene rings is 2. The van der Waals surface area contributed by atoms with Crippen molar-refractivity contribution in [3.63, 3.8) is 0 Å². The van der Waals surface area contributed by atoms with E-state index < -0.39 is 0 Å². The summed E-state index contributed by atoms with van der Waals surface area (Å²) in [6, 6.07) is 15.4. The lowest BCUT2D eigenvalue weighted by molar-refractivity contribution is -0.121. The monoisotopic (exact) mass is 445 g/mol. The third kappa shape index (κ3) is 4.95. The fourth-order valence-corrected chi connectivity index (χ4v) is 3.75. The molecule has 170 valence electrons. The van der Waals surface area contributed by atoms with Crippen LogP contribution in [0.5, 0.6) is 11.5 Å². The van der Waals surface area contributed by atoms with Gasteiger partial charge in [-0.1, -0.05) is 30.3 Å². The van der Waals surface area contributed by atoms with Gasteiger partial charge in [0.1, 0.15) is 11.5 Å². The maximum absolute atomic E-state index is 12.4. The second-order valence-corrected chi connectivity index (χ2v) is 7.77. The van der Waals surface area contributed by atoms with Crippen molar-refractivity contribution < 1.29 is 14.3 Å². The second kappa shape index (κ2) is 9.68. The lowest BCUT2D eigenvalue weighted by Gasteiger charge is -2.10. The molecule has 8 nitrogen and oxygen atoms in total. The van der Waals surface area contributed by atoms with Crippen molar-refractivity contribution in [2.75, 3.05) is 14.2 Å². The Morgan fingerprint density at radius 3 is 2.36 bits per heavy atom. The molecule has 4 rings (SSSR count). The molecule has 2 aromatic carbocycles. The third-order valence-corrected chi connectivity index (χ3v) is 5.59. The summed E-state index contributed by atoms with van der Waals surface area (Å²) in [6.45, 7) is 4.43. The number of fused-ring (bicyclic) bond motifs is 1. The molecule has 1 N–H and O–H groups in total. The molecule has 1 amide bonds. The van der Waals surface area contributed by atoms with Crippen molar-refractivity contribution in [2.24, 2.45) is 0 Å². The number of rotatable bonds is 8. The van der Waals surface area contributed by atoms with Gasteiger partial charge in [-0.15, -0.1) is 5.10 Å². The summed E-state index contributed by atoms with van der Waals surface area (Å²) in [4.78, 5) is 21.6. The van der Waals surface area contributed by atoms with Gasteiger partial charge in [0.15, 0.2) is 5.82 Å². The van der Waals surface area contributed by atoms with Gasteiger partial charge < -0.3 is 14.8 Å². The molecule has 0 unspecified atom stereocenters. The lowest BCUT2D eigenvalue weighted by Crippen LogP contribution is -2.23. The molecule has 0 fully saturated rings. The van der Waals surface area contributed by atoms with E-state index in [1.54, 1.807) is 24.8 Å². The number of ether oxygens (including phenoxy) is 2. The van der Waals surface area contributed by atoms with Crippen LogP contribution in [0.4, 0.5) is 0 Å². The van der Waals surface area contributed by atoms with Crippen LogP contribution >= 0.6 is 0 Å². The van der Waals surface area contributed by atoms with Gasteiger partial charge >= 0.3 is 0 Å². The van der Waals surface area contributed by atoms with Crippen LogP contribution in [0, 0.1) is 13.8 Å². The molecule has 2 heterocycles. The highest BCUT2D eigenvalue weighted by Crippen LogP contribution is 2.28. The van der Waals surface area contributed by atoms with Crippen LogP contribution in [0.15, 0.2) is 48.5 Å². The highest BCUT2D eigenvalue weighted by atomic mass is 16.5.